The first-order chi connectivity index (χ1) is 9.83. The van der Waals surface area contributed by atoms with Gasteiger partial charge in [-0.15, -0.1) is 0 Å². The fraction of sp³-hybridized carbons (Fsp3) is 0.643. The summed E-state index contributed by atoms with van der Waals surface area (Å²) >= 11 is 5.89. The van der Waals surface area contributed by atoms with Crippen LogP contribution in [0.4, 0.5) is 10.6 Å². The van der Waals surface area contributed by atoms with Crippen LogP contribution in [0.1, 0.15) is 33.6 Å². The van der Waals surface area contributed by atoms with Gasteiger partial charge < -0.3 is 15.0 Å². The van der Waals surface area contributed by atoms with Crippen molar-refractivity contribution in [2.45, 2.75) is 45.3 Å². The molecule has 1 aliphatic heterocycles. The van der Waals surface area contributed by atoms with Crippen molar-refractivity contribution in [2.24, 2.45) is 0 Å². The predicted molar refractivity (Wildman–Crippen MR) is 81.6 cm³/mol. The highest BCUT2D eigenvalue weighted by Crippen LogP contribution is 2.19. The van der Waals surface area contributed by atoms with E-state index in [2.05, 4.69) is 20.2 Å². The first kappa shape index (κ1) is 15.8. The Labute approximate surface area is 129 Å². The molecule has 0 bridgehead atoms. The molecule has 1 atom stereocenters. The SMILES string of the molecule is CC(C)(C)OC(=O)N[C@H]1CCCN(c2cc(Cl)ncn2)C1. The van der Waals surface area contributed by atoms with Crippen molar-refractivity contribution in [3.8, 4) is 0 Å². The number of nitrogens with one attached hydrogen (secondary N) is 1. The van der Waals surface area contributed by atoms with E-state index < -0.39 is 5.60 Å². The molecule has 1 amide bonds. The van der Waals surface area contributed by atoms with E-state index in [9.17, 15) is 4.79 Å². The normalized spacial score (nSPS) is 19.2. The van der Waals surface area contributed by atoms with E-state index in [4.69, 9.17) is 16.3 Å². The van der Waals surface area contributed by atoms with Gasteiger partial charge in [-0.25, -0.2) is 14.8 Å². The Hall–Kier alpha value is -1.56. The third-order valence-corrected chi connectivity index (χ3v) is 3.29. The van der Waals surface area contributed by atoms with Gasteiger partial charge in [0, 0.05) is 25.2 Å². The molecule has 0 unspecified atom stereocenters. The maximum absolute atomic E-state index is 11.8. The van der Waals surface area contributed by atoms with Gasteiger partial charge in [-0.1, -0.05) is 11.6 Å². The third kappa shape index (κ3) is 5.04. The molecule has 7 heteroatoms. The van der Waals surface area contributed by atoms with E-state index in [1.807, 2.05) is 20.8 Å². The number of ether oxygens (including phenoxy) is 1. The van der Waals surface area contributed by atoms with Crippen LogP contribution in [0.3, 0.4) is 0 Å². The number of amides is 1. The smallest absolute Gasteiger partial charge is 0.407 e. The van der Waals surface area contributed by atoms with E-state index in [1.54, 1.807) is 6.07 Å². The lowest BCUT2D eigenvalue weighted by atomic mass is 10.1. The quantitative estimate of drug-likeness (QED) is 0.850. The van der Waals surface area contributed by atoms with Gasteiger partial charge in [-0.3, -0.25) is 0 Å². The molecule has 0 spiro atoms. The van der Waals surface area contributed by atoms with Crippen LogP contribution in [-0.4, -0.2) is 40.8 Å². The Morgan fingerprint density at radius 3 is 2.90 bits per heavy atom. The number of anilines is 1. The lowest BCUT2D eigenvalue weighted by molar-refractivity contribution is 0.0500. The largest absolute Gasteiger partial charge is 0.444 e. The first-order valence-electron chi connectivity index (χ1n) is 7.05. The Balaban J connectivity index is 1.93. The highest BCUT2D eigenvalue weighted by molar-refractivity contribution is 6.29. The summed E-state index contributed by atoms with van der Waals surface area (Å²) in [6.07, 6.45) is 2.97. The molecule has 6 nitrogen and oxygen atoms in total. The Morgan fingerprint density at radius 2 is 2.24 bits per heavy atom. The molecular weight excluding hydrogens is 292 g/mol. The number of piperidine rings is 1. The monoisotopic (exact) mass is 312 g/mol. The molecule has 21 heavy (non-hydrogen) atoms. The molecule has 1 aliphatic rings. The second kappa shape index (κ2) is 6.47. The fourth-order valence-corrected chi connectivity index (χ4v) is 2.42. The molecular formula is C14H21ClN4O2. The molecule has 0 saturated carbocycles. The maximum atomic E-state index is 11.8. The van der Waals surface area contributed by atoms with Gasteiger partial charge in [0.05, 0.1) is 0 Å². The molecule has 2 heterocycles. The average molecular weight is 313 g/mol. The minimum absolute atomic E-state index is 0.0438. The molecule has 1 N–H and O–H groups in total. The van der Waals surface area contributed by atoms with Crippen molar-refractivity contribution in [3.05, 3.63) is 17.5 Å². The van der Waals surface area contributed by atoms with E-state index in [-0.39, 0.29) is 12.1 Å². The lowest BCUT2D eigenvalue weighted by Gasteiger charge is -2.34. The van der Waals surface area contributed by atoms with Gasteiger partial charge in [0.25, 0.3) is 0 Å². The number of alkyl carbamates (subject to hydrolysis) is 1. The summed E-state index contributed by atoms with van der Waals surface area (Å²) in [5.74, 6) is 0.783. The van der Waals surface area contributed by atoms with Crippen molar-refractivity contribution in [1.82, 2.24) is 15.3 Å². The van der Waals surface area contributed by atoms with Crippen molar-refractivity contribution < 1.29 is 9.53 Å². The zero-order valence-corrected chi connectivity index (χ0v) is 13.4. The third-order valence-electron chi connectivity index (χ3n) is 3.09. The molecule has 2 rings (SSSR count). The highest BCUT2D eigenvalue weighted by atomic mass is 35.5. The summed E-state index contributed by atoms with van der Waals surface area (Å²) in [6.45, 7) is 7.13. The zero-order chi connectivity index (χ0) is 15.5. The van der Waals surface area contributed by atoms with E-state index in [1.165, 1.54) is 6.33 Å². The summed E-state index contributed by atoms with van der Waals surface area (Å²) in [4.78, 5) is 22.0. The number of hydrogen-bond acceptors (Lipinski definition) is 5. The van der Waals surface area contributed by atoms with Crippen LogP contribution in [0.25, 0.3) is 0 Å². The molecule has 0 aromatic carbocycles. The van der Waals surface area contributed by atoms with Gasteiger partial charge in [-0.2, -0.15) is 0 Å². The highest BCUT2D eigenvalue weighted by Gasteiger charge is 2.24. The van der Waals surface area contributed by atoms with Crippen molar-refractivity contribution in [1.29, 1.82) is 0 Å². The molecule has 1 fully saturated rings. The summed E-state index contributed by atoms with van der Waals surface area (Å²) in [6, 6.07) is 1.78. The van der Waals surface area contributed by atoms with Crippen LogP contribution < -0.4 is 10.2 Å². The molecule has 116 valence electrons. The number of carbonyl (C=O) groups is 1. The van der Waals surface area contributed by atoms with E-state index in [0.29, 0.717) is 11.7 Å². The maximum Gasteiger partial charge on any atom is 0.407 e. The topological polar surface area (TPSA) is 67.3 Å². The number of carbonyl (C=O) groups excluding carboxylic acids is 1. The van der Waals surface area contributed by atoms with Gasteiger partial charge in [0.15, 0.2) is 0 Å². The molecule has 0 aliphatic carbocycles. The van der Waals surface area contributed by atoms with Crippen LogP contribution in [0.2, 0.25) is 5.15 Å². The number of hydrogen-bond donors (Lipinski definition) is 1. The van der Waals surface area contributed by atoms with Crippen molar-refractivity contribution in [2.75, 3.05) is 18.0 Å². The molecule has 1 saturated heterocycles. The molecule has 1 aromatic heterocycles. The van der Waals surface area contributed by atoms with Crippen LogP contribution in [0.15, 0.2) is 12.4 Å². The minimum atomic E-state index is -0.487. The number of halogens is 1. The van der Waals surface area contributed by atoms with E-state index in [0.717, 1.165) is 25.2 Å². The first-order valence-corrected chi connectivity index (χ1v) is 7.43. The number of nitrogens with zero attached hydrogens (tertiary/aromatic N) is 3. The van der Waals surface area contributed by atoms with Gasteiger partial charge >= 0.3 is 6.09 Å². The molecule has 1 aromatic rings. The zero-order valence-electron chi connectivity index (χ0n) is 12.6. The lowest BCUT2D eigenvalue weighted by Crippen LogP contribution is -2.49. The summed E-state index contributed by atoms with van der Waals surface area (Å²) in [7, 11) is 0. The van der Waals surface area contributed by atoms with Gasteiger partial charge in [0.1, 0.15) is 22.9 Å². The Bertz CT molecular complexity index is 504. The second-order valence-electron chi connectivity index (χ2n) is 6.13. The molecule has 0 radical (unpaired) electrons. The van der Waals surface area contributed by atoms with Crippen molar-refractivity contribution in [3.63, 3.8) is 0 Å². The number of aromatic nitrogens is 2. The summed E-state index contributed by atoms with van der Waals surface area (Å²) < 4.78 is 5.29. The summed E-state index contributed by atoms with van der Waals surface area (Å²) in [5, 5.41) is 3.33. The minimum Gasteiger partial charge on any atom is -0.444 e. The van der Waals surface area contributed by atoms with Gasteiger partial charge in [-0.05, 0) is 33.6 Å². The van der Waals surface area contributed by atoms with Crippen LogP contribution in [0, 0.1) is 0 Å². The average Bonchev–Trinajstić information content (AvgIpc) is 2.36. The van der Waals surface area contributed by atoms with Gasteiger partial charge in [0.2, 0.25) is 0 Å². The fourth-order valence-electron chi connectivity index (χ4n) is 2.27. The number of rotatable bonds is 2. The summed E-state index contributed by atoms with van der Waals surface area (Å²) in [5.41, 5.74) is -0.487. The second-order valence-corrected chi connectivity index (χ2v) is 6.52. The standard InChI is InChI=1S/C14H21ClN4O2/c1-14(2,3)21-13(20)18-10-5-4-6-19(8-10)12-7-11(15)16-9-17-12/h7,9-10H,4-6,8H2,1-3H3,(H,18,20)/t10-/m0/s1. The van der Waals surface area contributed by atoms with E-state index >= 15 is 0 Å². The van der Waals surface area contributed by atoms with Crippen LogP contribution in [-0.2, 0) is 4.74 Å². The Morgan fingerprint density at radius 1 is 1.48 bits per heavy atom. The Kier molecular flexibility index (Phi) is 4.88. The van der Waals surface area contributed by atoms with Crippen LogP contribution >= 0.6 is 11.6 Å². The predicted octanol–water partition coefficient (Wildman–Crippen LogP) is 2.62. The van der Waals surface area contributed by atoms with Crippen LogP contribution in [0.5, 0.6) is 0 Å². The van der Waals surface area contributed by atoms with Crippen molar-refractivity contribution >= 4 is 23.5 Å².